The van der Waals surface area contributed by atoms with Crippen molar-refractivity contribution in [2.24, 2.45) is 0 Å². The summed E-state index contributed by atoms with van der Waals surface area (Å²) in [6.45, 7) is 3.28. The molecule has 2 heterocycles. The second-order valence-electron chi connectivity index (χ2n) is 7.06. The molecule has 6 heteroatoms. The number of hydrogen-bond acceptors (Lipinski definition) is 5. The summed E-state index contributed by atoms with van der Waals surface area (Å²) in [6, 6.07) is 20.9. The van der Waals surface area contributed by atoms with E-state index in [4.69, 9.17) is 4.74 Å². The number of benzene rings is 2. The third-order valence-corrected chi connectivity index (χ3v) is 4.92. The van der Waals surface area contributed by atoms with Crippen LogP contribution in [0.5, 0.6) is 11.5 Å². The van der Waals surface area contributed by atoms with E-state index >= 15 is 0 Å². The van der Waals surface area contributed by atoms with Crippen LogP contribution in [0.1, 0.15) is 10.4 Å². The number of likely N-dealkylation sites (N-methyl/N-ethyl adjacent to an activating group) is 1. The van der Waals surface area contributed by atoms with Gasteiger partial charge in [-0.1, -0.05) is 30.3 Å². The van der Waals surface area contributed by atoms with Crippen molar-refractivity contribution in [2.75, 3.05) is 38.5 Å². The molecule has 0 bridgehead atoms. The van der Waals surface area contributed by atoms with Crippen molar-refractivity contribution in [2.45, 2.75) is 0 Å². The number of para-hydroxylation sites is 3. The molecule has 1 fully saturated rings. The van der Waals surface area contributed by atoms with E-state index in [1.54, 1.807) is 18.3 Å². The SMILES string of the molecule is CN1CCN(C(=O)c2ccnc(Nc3ccccc3Oc3ccccc3)c2)CC1. The molecule has 148 valence electrons. The number of aromatic nitrogens is 1. The highest BCUT2D eigenvalue weighted by Gasteiger charge is 2.20. The molecule has 1 aliphatic heterocycles. The first-order valence-electron chi connectivity index (χ1n) is 9.72. The molecule has 0 spiro atoms. The topological polar surface area (TPSA) is 57.7 Å². The van der Waals surface area contributed by atoms with E-state index in [2.05, 4.69) is 22.2 Å². The Bertz CT molecular complexity index is 969. The maximum Gasteiger partial charge on any atom is 0.254 e. The molecule has 1 saturated heterocycles. The lowest BCUT2D eigenvalue weighted by molar-refractivity contribution is 0.0664. The summed E-state index contributed by atoms with van der Waals surface area (Å²) in [5.41, 5.74) is 1.42. The van der Waals surface area contributed by atoms with Crippen LogP contribution in [0.4, 0.5) is 11.5 Å². The molecule has 2 aromatic carbocycles. The average Bonchev–Trinajstić information content (AvgIpc) is 2.76. The van der Waals surface area contributed by atoms with Gasteiger partial charge in [0.05, 0.1) is 5.69 Å². The van der Waals surface area contributed by atoms with Gasteiger partial charge in [0.15, 0.2) is 5.75 Å². The molecule has 3 aromatic rings. The van der Waals surface area contributed by atoms with E-state index in [9.17, 15) is 4.79 Å². The zero-order valence-electron chi connectivity index (χ0n) is 16.4. The number of anilines is 2. The second-order valence-corrected chi connectivity index (χ2v) is 7.06. The van der Waals surface area contributed by atoms with Crippen LogP contribution in [0.25, 0.3) is 0 Å². The Kier molecular flexibility index (Phi) is 5.72. The van der Waals surface area contributed by atoms with Crippen molar-refractivity contribution in [3.8, 4) is 11.5 Å². The Balaban J connectivity index is 1.51. The smallest absolute Gasteiger partial charge is 0.254 e. The number of nitrogens with one attached hydrogen (secondary N) is 1. The summed E-state index contributed by atoms with van der Waals surface area (Å²) >= 11 is 0. The molecule has 0 aliphatic carbocycles. The molecule has 6 nitrogen and oxygen atoms in total. The number of nitrogens with zero attached hydrogens (tertiary/aromatic N) is 3. The Morgan fingerprint density at radius 1 is 0.966 bits per heavy atom. The van der Waals surface area contributed by atoms with Gasteiger partial charge < -0.3 is 19.9 Å². The molecular weight excluding hydrogens is 364 g/mol. The number of amides is 1. The lowest BCUT2D eigenvalue weighted by Crippen LogP contribution is -2.47. The minimum atomic E-state index is 0.0392. The standard InChI is InChI=1S/C23H24N4O2/c1-26-13-15-27(16-14-26)23(28)18-11-12-24-22(17-18)25-20-9-5-6-10-21(20)29-19-7-3-2-4-8-19/h2-12,17H,13-16H2,1H3,(H,24,25). The third kappa shape index (κ3) is 4.73. The van der Waals surface area contributed by atoms with E-state index < -0.39 is 0 Å². The molecule has 0 atom stereocenters. The number of piperazine rings is 1. The van der Waals surface area contributed by atoms with Gasteiger partial charge in [0.2, 0.25) is 0 Å². The first-order valence-corrected chi connectivity index (χ1v) is 9.72. The molecule has 1 amide bonds. The average molecular weight is 388 g/mol. The van der Waals surface area contributed by atoms with Crippen LogP contribution >= 0.6 is 0 Å². The summed E-state index contributed by atoms with van der Waals surface area (Å²) in [6.07, 6.45) is 1.66. The lowest BCUT2D eigenvalue weighted by atomic mass is 10.2. The van der Waals surface area contributed by atoms with Gasteiger partial charge >= 0.3 is 0 Å². The fraction of sp³-hybridized carbons (Fsp3) is 0.217. The molecule has 0 radical (unpaired) electrons. The molecule has 1 aliphatic rings. The minimum absolute atomic E-state index is 0.0392. The van der Waals surface area contributed by atoms with Crippen LogP contribution in [0.2, 0.25) is 0 Å². The summed E-state index contributed by atoms with van der Waals surface area (Å²) < 4.78 is 5.99. The molecule has 1 aromatic heterocycles. The second kappa shape index (κ2) is 8.75. The molecule has 0 unspecified atom stereocenters. The molecule has 29 heavy (non-hydrogen) atoms. The maximum absolute atomic E-state index is 12.8. The summed E-state index contributed by atoms with van der Waals surface area (Å²) in [4.78, 5) is 21.3. The highest BCUT2D eigenvalue weighted by atomic mass is 16.5. The summed E-state index contributed by atoms with van der Waals surface area (Å²) in [7, 11) is 2.07. The van der Waals surface area contributed by atoms with E-state index in [0.29, 0.717) is 17.1 Å². The summed E-state index contributed by atoms with van der Waals surface area (Å²) in [5.74, 6) is 2.09. The fourth-order valence-corrected chi connectivity index (χ4v) is 3.24. The fourth-order valence-electron chi connectivity index (χ4n) is 3.24. The van der Waals surface area contributed by atoms with Gasteiger partial charge in [-0.15, -0.1) is 0 Å². The monoisotopic (exact) mass is 388 g/mol. The predicted octanol–water partition coefficient (Wildman–Crippen LogP) is 4.01. The van der Waals surface area contributed by atoms with Gasteiger partial charge in [0.1, 0.15) is 11.6 Å². The number of hydrogen-bond donors (Lipinski definition) is 1. The van der Waals surface area contributed by atoms with Gasteiger partial charge in [-0.05, 0) is 43.4 Å². The first kappa shape index (κ1) is 19.0. The van der Waals surface area contributed by atoms with Crippen molar-refractivity contribution >= 4 is 17.4 Å². The van der Waals surface area contributed by atoms with Crippen LogP contribution in [-0.2, 0) is 0 Å². The van der Waals surface area contributed by atoms with Gasteiger partial charge in [0.25, 0.3) is 5.91 Å². The molecule has 4 rings (SSSR count). The van der Waals surface area contributed by atoms with Gasteiger partial charge in [-0.2, -0.15) is 0 Å². The Hall–Kier alpha value is -3.38. The highest BCUT2D eigenvalue weighted by molar-refractivity contribution is 5.95. The zero-order valence-corrected chi connectivity index (χ0v) is 16.4. The number of rotatable bonds is 5. The van der Waals surface area contributed by atoms with Crippen LogP contribution in [0.3, 0.4) is 0 Å². The number of carbonyl (C=O) groups excluding carboxylic acids is 1. The quantitative estimate of drug-likeness (QED) is 0.716. The van der Waals surface area contributed by atoms with Crippen LogP contribution in [-0.4, -0.2) is 53.9 Å². The largest absolute Gasteiger partial charge is 0.455 e. The van der Waals surface area contributed by atoms with Crippen LogP contribution in [0.15, 0.2) is 72.9 Å². The van der Waals surface area contributed by atoms with E-state index in [1.165, 1.54) is 0 Å². The van der Waals surface area contributed by atoms with E-state index in [0.717, 1.165) is 37.6 Å². The Morgan fingerprint density at radius 3 is 2.48 bits per heavy atom. The maximum atomic E-state index is 12.8. The van der Waals surface area contributed by atoms with Gasteiger partial charge in [-0.25, -0.2) is 4.98 Å². The Morgan fingerprint density at radius 2 is 1.69 bits per heavy atom. The van der Waals surface area contributed by atoms with Crippen molar-refractivity contribution in [3.05, 3.63) is 78.5 Å². The predicted molar refractivity (Wildman–Crippen MR) is 114 cm³/mol. The molecule has 1 N–H and O–H groups in total. The van der Waals surface area contributed by atoms with Crippen molar-refractivity contribution in [3.63, 3.8) is 0 Å². The zero-order chi connectivity index (χ0) is 20.1. The highest BCUT2D eigenvalue weighted by Crippen LogP contribution is 2.31. The normalized spacial score (nSPS) is 14.4. The first-order chi connectivity index (χ1) is 14.2. The third-order valence-electron chi connectivity index (χ3n) is 4.92. The van der Waals surface area contributed by atoms with E-state index in [-0.39, 0.29) is 5.91 Å². The summed E-state index contributed by atoms with van der Waals surface area (Å²) in [5, 5.41) is 3.28. The van der Waals surface area contributed by atoms with Crippen molar-refractivity contribution in [1.29, 1.82) is 0 Å². The van der Waals surface area contributed by atoms with Crippen LogP contribution in [0, 0.1) is 0 Å². The minimum Gasteiger partial charge on any atom is -0.455 e. The van der Waals surface area contributed by atoms with Crippen molar-refractivity contribution < 1.29 is 9.53 Å². The Labute approximate surface area is 170 Å². The van der Waals surface area contributed by atoms with Crippen LogP contribution < -0.4 is 10.1 Å². The molecule has 0 saturated carbocycles. The molecular formula is C23H24N4O2. The van der Waals surface area contributed by atoms with Crippen molar-refractivity contribution in [1.82, 2.24) is 14.8 Å². The number of carbonyl (C=O) groups is 1. The number of ether oxygens (including phenoxy) is 1. The van der Waals surface area contributed by atoms with Gasteiger partial charge in [0, 0.05) is 37.9 Å². The number of pyridine rings is 1. The lowest BCUT2D eigenvalue weighted by Gasteiger charge is -2.32. The van der Waals surface area contributed by atoms with Gasteiger partial charge in [-0.3, -0.25) is 4.79 Å². The van der Waals surface area contributed by atoms with E-state index in [1.807, 2.05) is 59.5 Å².